The number of allylic oxidation sites excluding steroid dienone is 2. The average molecular weight is 296 g/mol. The van der Waals surface area contributed by atoms with E-state index in [4.69, 9.17) is 8.83 Å². The monoisotopic (exact) mass is 296 g/mol. The first kappa shape index (κ1) is 13.0. The van der Waals surface area contributed by atoms with Gasteiger partial charge in [0.15, 0.2) is 0 Å². The fourth-order valence-corrected chi connectivity index (χ4v) is 9.51. The molecule has 0 radical (unpaired) electrons. The van der Waals surface area contributed by atoms with Crippen LogP contribution < -0.4 is 0 Å². The summed E-state index contributed by atoms with van der Waals surface area (Å²) in [6.45, 7) is 9.50. The van der Waals surface area contributed by atoms with E-state index in [1.807, 2.05) is 12.5 Å². The molecule has 2 nitrogen and oxygen atoms in total. The van der Waals surface area contributed by atoms with E-state index in [0.29, 0.717) is 11.1 Å². The van der Waals surface area contributed by atoms with Crippen molar-refractivity contribution in [1.82, 2.24) is 0 Å². The van der Waals surface area contributed by atoms with Crippen LogP contribution in [0.15, 0.2) is 44.6 Å². The van der Waals surface area contributed by atoms with Crippen molar-refractivity contribution in [3.8, 4) is 0 Å². The summed E-state index contributed by atoms with van der Waals surface area (Å²) in [6, 6.07) is 4.32. The SMILES string of the molecule is CC1=Cc2occc2C1[Si](C)(C)C1C(C)=Cc2occc21. The Morgan fingerprint density at radius 3 is 1.67 bits per heavy atom. The second-order valence-corrected chi connectivity index (χ2v) is 11.7. The number of fused-ring (bicyclic) bond motifs is 2. The zero-order chi connectivity index (χ0) is 14.8. The molecule has 21 heavy (non-hydrogen) atoms. The van der Waals surface area contributed by atoms with Gasteiger partial charge in [-0.05, 0) is 38.1 Å². The largest absolute Gasteiger partial charge is 0.465 e. The summed E-state index contributed by atoms with van der Waals surface area (Å²) < 4.78 is 11.3. The molecule has 0 fully saturated rings. The second-order valence-electron chi connectivity index (χ2n) is 6.94. The van der Waals surface area contributed by atoms with Crippen LogP contribution in [0.25, 0.3) is 12.2 Å². The molecule has 2 heterocycles. The van der Waals surface area contributed by atoms with Crippen LogP contribution in [0.4, 0.5) is 0 Å². The van der Waals surface area contributed by atoms with Gasteiger partial charge in [0, 0.05) is 22.2 Å². The van der Waals surface area contributed by atoms with E-state index in [1.54, 1.807) is 0 Å². The Morgan fingerprint density at radius 2 is 1.24 bits per heavy atom. The van der Waals surface area contributed by atoms with Crippen molar-refractivity contribution in [2.45, 2.75) is 38.0 Å². The Labute approximate surface area is 126 Å². The molecule has 0 amide bonds. The molecule has 2 aliphatic rings. The summed E-state index contributed by atoms with van der Waals surface area (Å²) in [7, 11) is -1.65. The van der Waals surface area contributed by atoms with Crippen LogP contribution in [0, 0.1) is 0 Å². The topological polar surface area (TPSA) is 26.3 Å². The highest BCUT2D eigenvalue weighted by atomic mass is 28.3. The van der Waals surface area contributed by atoms with E-state index in [-0.39, 0.29) is 0 Å². The van der Waals surface area contributed by atoms with E-state index in [2.05, 4.69) is 51.2 Å². The maximum Gasteiger partial charge on any atom is 0.130 e. The average Bonchev–Trinajstić information content (AvgIpc) is 3.07. The predicted molar refractivity (Wildman–Crippen MR) is 87.7 cm³/mol. The molecule has 2 aromatic heterocycles. The maximum absolute atomic E-state index is 5.63. The van der Waals surface area contributed by atoms with Gasteiger partial charge in [-0.25, -0.2) is 0 Å². The first-order valence-corrected chi connectivity index (χ1v) is 10.7. The Morgan fingerprint density at radius 1 is 0.810 bits per heavy atom. The highest BCUT2D eigenvalue weighted by Crippen LogP contribution is 2.52. The van der Waals surface area contributed by atoms with Crippen LogP contribution in [0.5, 0.6) is 0 Å². The van der Waals surface area contributed by atoms with Crippen LogP contribution in [-0.4, -0.2) is 8.07 Å². The zero-order valence-electron chi connectivity index (χ0n) is 12.9. The molecule has 4 rings (SSSR count). The van der Waals surface area contributed by atoms with E-state index < -0.39 is 8.07 Å². The quantitative estimate of drug-likeness (QED) is 0.697. The second kappa shape index (κ2) is 4.14. The fraction of sp³-hybridized carbons (Fsp3) is 0.333. The predicted octanol–water partition coefficient (Wildman–Crippen LogP) is 5.36. The van der Waals surface area contributed by atoms with Gasteiger partial charge in [0.2, 0.25) is 0 Å². The van der Waals surface area contributed by atoms with Gasteiger partial charge in [0.1, 0.15) is 11.5 Å². The molecule has 0 saturated heterocycles. The van der Waals surface area contributed by atoms with Crippen LogP contribution in [0.3, 0.4) is 0 Å². The molecular formula is C18H20O2Si. The van der Waals surface area contributed by atoms with E-state index in [1.165, 1.54) is 22.3 Å². The molecule has 2 aliphatic carbocycles. The molecule has 0 aromatic carbocycles. The molecule has 0 saturated carbocycles. The molecule has 108 valence electrons. The zero-order valence-corrected chi connectivity index (χ0v) is 13.9. The van der Waals surface area contributed by atoms with Crippen molar-refractivity contribution >= 4 is 20.2 Å². The Kier molecular flexibility index (Phi) is 2.55. The maximum atomic E-state index is 5.63. The van der Waals surface area contributed by atoms with Gasteiger partial charge in [-0.1, -0.05) is 24.2 Å². The molecule has 0 N–H and O–H groups in total. The number of rotatable bonds is 2. The van der Waals surface area contributed by atoms with Crippen molar-refractivity contribution < 1.29 is 8.83 Å². The molecular weight excluding hydrogens is 276 g/mol. The molecule has 3 heteroatoms. The lowest BCUT2D eigenvalue weighted by Gasteiger charge is -2.37. The molecule has 0 bridgehead atoms. The van der Waals surface area contributed by atoms with E-state index in [0.717, 1.165) is 11.5 Å². The first-order chi connectivity index (χ1) is 10.00. The van der Waals surface area contributed by atoms with Gasteiger partial charge in [0.25, 0.3) is 0 Å². The molecule has 0 aliphatic heterocycles. The Hall–Kier alpha value is -1.74. The van der Waals surface area contributed by atoms with Crippen LogP contribution in [0.2, 0.25) is 13.1 Å². The van der Waals surface area contributed by atoms with Crippen molar-refractivity contribution in [1.29, 1.82) is 0 Å². The van der Waals surface area contributed by atoms with Crippen molar-refractivity contribution in [2.24, 2.45) is 0 Å². The molecule has 0 spiro atoms. The van der Waals surface area contributed by atoms with E-state index >= 15 is 0 Å². The van der Waals surface area contributed by atoms with Gasteiger partial charge in [-0.15, -0.1) is 0 Å². The number of furan rings is 2. The fourth-order valence-electron chi connectivity index (χ4n) is 4.59. The summed E-state index contributed by atoms with van der Waals surface area (Å²) in [5.41, 5.74) is 6.72. The van der Waals surface area contributed by atoms with Crippen LogP contribution in [-0.2, 0) is 0 Å². The number of hydrogen-bond donors (Lipinski definition) is 0. The van der Waals surface area contributed by atoms with Crippen molar-refractivity contribution in [2.75, 3.05) is 0 Å². The smallest absolute Gasteiger partial charge is 0.130 e. The lowest BCUT2D eigenvalue weighted by atomic mass is 10.2. The summed E-state index contributed by atoms with van der Waals surface area (Å²) >= 11 is 0. The highest BCUT2D eigenvalue weighted by molar-refractivity contribution is 6.81. The van der Waals surface area contributed by atoms with Gasteiger partial charge >= 0.3 is 0 Å². The summed E-state index contributed by atoms with van der Waals surface area (Å²) in [4.78, 5) is 0. The van der Waals surface area contributed by atoms with Crippen LogP contribution >= 0.6 is 0 Å². The summed E-state index contributed by atoms with van der Waals surface area (Å²) in [6.07, 6.45) is 8.09. The van der Waals surface area contributed by atoms with Crippen molar-refractivity contribution in [3.05, 3.63) is 58.5 Å². The third-order valence-electron chi connectivity index (χ3n) is 5.19. The third-order valence-corrected chi connectivity index (χ3v) is 9.70. The minimum absolute atomic E-state index is 0.528. The van der Waals surface area contributed by atoms with Gasteiger partial charge in [-0.2, -0.15) is 0 Å². The Balaban J connectivity index is 1.82. The third kappa shape index (κ3) is 1.64. The number of hydrogen-bond acceptors (Lipinski definition) is 2. The lowest BCUT2D eigenvalue weighted by molar-refractivity contribution is 0.555. The minimum atomic E-state index is -1.65. The van der Waals surface area contributed by atoms with Gasteiger partial charge < -0.3 is 8.83 Å². The molecule has 2 atom stereocenters. The standard InChI is InChI=1S/C18H20O2Si/c1-11-9-15-13(5-7-19-15)17(11)21(3,4)18-12(2)10-16-14(18)6-8-20-16/h5-10,17-18H,1-4H3. The minimum Gasteiger partial charge on any atom is -0.465 e. The lowest BCUT2D eigenvalue weighted by Crippen LogP contribution is -2.42. The van der Waals surface area contributed by atoms with E-state index in [9.17, 15) is 0 Å². The van der Waals surface area contributed by atoms with Crippen molar-refractivity contribution in [3.63, 3.8) is 0 Å². The summed E-state index contributed by atoms with van der Waals surface area (Å²) in [5.74, 6) is 2.12. The van der Waals surface area contributed by atoms with Gasteiger partial charge in [-0.3, -0.25) is 0 Å². The highest BCUT2D eigenvalue weighted by Gasteiger charge is 2.47. The Bertz CT molecular complexity index is 708. The molecule has 2 unspecified atom stereocenters. The van der Waals surface area contributed by atoms with Crippen LogP contribution in [0.1, 0.15) is 47.6 Å². The normalized spacial score (nSPS) is 23.8. The first-order valence-electron chi connectivity index (χ1n) is 7.51. The molecule has 2 aromatic rings. The van der Waals surface area contributed by atoms with Gasteiger partial charge in [0.05, 0.1) is 20.6 Å². The summed E-state index contributed by atoms with van der Waals surface area (Å²) in [5, 5.41) is 0.